The Kier molecular flexibility index (Phi) is 9.88. The van der Waals surface area contributed by atoms with E-state index in [0.29, 0.717) is 13.2 Å². The number of hydrogen-bond acceptors (Lipinski definition) is 5. The molecule has 9 heteroatoms. The van der Waals surface area contributed by atoms with Crippen LogP contribution in [0.4, 0.5) is 4.79 Å². The lowest BCUT2D eigenvalue weighted by Crippen LogP contribution is -2.47. The summed E-state index contributed by atoms with van der Waals surface area (Å²) in [4.78, 5) is 26.0. The zero-order valence-corrected chi connectivity index (χ0v) is 26.9. The lowest BCUT2D eigenvalue weighted by molar-refractivity contribution is -0.127. The van der Waals surface area contributed by atoms with Crippen molar-refractivity contribution in [2.45, 2.75) is 116 Å². The Balaban J connectivity index is 2.45. The third-order valence-corrected chi connectivity index (χ3v) is 17.4. The SMILES string of the molecule is CCCOc1cc(CO[Si](C)(C)C(C)(C)C)cc(C2CC(=O)N(C(=O)O)C2CO[Si](C)(C)C(C)(C)C)c1. The first-order chi connectivity index (χ1) is 16.8. The summed E-state index contributed by atoms with van der Waals surface area (Å²) in [5, 5.41) is 9.96. The topological polar surface area (TPSA) is 85.3 Å². The molecule has 1 aromatic carbocycles. The first kappa shape index (κ1) is 31.5. The predicted molar refractivity (Wildman–Crippen MR) is 153 cm³/mol. The fraction of sp³-hybridized carbons (Fsp3) is 0.714. The maximum absolute atomic E-state index is 12.9. The van der Waals surface area contributed by atoms with Crippen molar-refractivity contribution in [3.8, 4) is 5.75 Å². The Morgan fingerprint density at radius 3 is 2.08 bits per heavy atom. The molecule has 37 heavy (non-hydrogen) atoms. The number of amides is 2. The molecule has 0 aromatic heterocycles. The highest BCUT2D eigenvalue weighted by Crippen LogP contribution is 2.41. The van der Waals surface area contributed by atoms with Crippen LogP contribution in [0.15, 0.2) is 18.2 Å². The first-order valence-electron chi connectivity index (χ1n) is 13.4. The number of likely N-dealkylation sites (tertiary alicyclic amines) is 1. The van der Waals surface area contributed by atoms with Crippen molar-refractivity contribution >= 4 is 28.6 Å². The van der Waals surface area contributed by atoms with Crippen molar-refractivity contribution < 1.29 is 28.3 Å². The fourth-order valence-corrected chi connectivity index (χ4v) is 5.82. The van der Waals surface area contributed by atoms with Crippen molar-refractivity contribution in [3.63, 3.8) is 0 Å². The molecular formula is C28H49NO6Si2. The molecule has 2 rings (SSSR count). The lowest BCUT2D eigenvalue weighted by atomic mass is 9.90. The number of nitrogens with zero attached hydrogens (tertiary/aromatic N) is 1. The van der Waals surface area contributed by atoms with Gasteiger partial charge in [-0.05, 0) is 65.9 Å². The lowest BCUT2D eigenvalue weighted by Gasteiger charge is -2.38. The van der Waals surface area contributed by atoms with Gasteiger partial charge in [-0.15, -0.1) is 0 Å². The summed E-state index contributed by atoms with van der Waals surface area (Å²) in [7, 11) is -4.13. The Bertz CT molecular complexity index is 964. The van der Waals surface area contributed by atoms with E-state index in [1.165, 1.54) is 0 Å². The summed E-state index contributed by atoms with van der Waals surface area (Å²) in [6.45, 7) is 25.1. The number of ether oxygens (including phenoxy) is 1. The minimum Gasteiger partial charge on any atom is -0.494 e. The third kappa shape index (κ3) is 7.68. The van der Waals surface area contributed by atoms with Crippen LogP contribution in [0.5, 0.6) is 5.75 Å². The van der Waals surface area contributed by atoms with Gasteiger partial charge in [0, 0.05) is 12.3 Å². The van der Waals surface area contributed by atoms with Gasteiger partial charge in [0.25, 0.3) is 0 Å². The number of carboxylic acid groups (broad SMARTS) is 1. The Morgan fingerprint density at radius 1 is 1.00 bits per heavy atom. The summed E-state index contributed by atoms with van der Waals surface area (Å²) in [6, 6.07) is 5.41. The molecule has 0 bridgehead atoms. The molecule has 1 N–H and O–H groups in total. The molecule has 0 saturated carbocycles. The highest BCUT2D eigenvalue weighted by Gasteiger charge is 2.46. The van der Waals surface area contributed by atoms with E-state index in [0.717, 1.165) is 28.2 Å². The maximum atomic E-state index is 12.9. The van der Waals surface area contributed by atoms with Gasteiger partial charge in [0.15, 0.2) is 16.6 Å². The molecule has 2 atom stereocenters. The van der Waals surface area contributed by atoms with E-state index in [1.807, 2.05) is 12.1 Å². The molecule has 1 aliphatic rings. The maximum Gasteiger partial charge on any atom is 0.414 e. The van der Waals surface area contributed by atoms with Crippen molar-refractivity contribution in [2.24, 2.45) is 0 Å². The second kappa shape index (κ2) is 11.6. The zero-order chi connectivity index (χ0) is 28.4. The van der Waals surface area contributed by atoms with Gasteiger partial charge >= 0.3 is 6.09 Å². The van der Waals surface area contributed by atoms with Gasteiger partial charge < -0.3 is 18.7 Å². The summed E-state index contributed by atoms with van der Waals surface area (Å²) in [6.07, 6.45) is -0.230. The summed E-state index contributed by atoms with van der Waals surface area (Å²) in [5.74, 6) is 0.0175. The van der Waals surface area contributed by atoms with E-state index in [2.05, 4.69) is 80.7 Å². The third-order valence-electron chi connectivity index (χ3n) is 8.38. The predicted octanol–water partition coefficient (Wildman–Crippen LogP) is 7.38. The summed E-state index contributed by atoms with van der Waals surface area (Å²) < 4.78 is 18.9. The summed E-state index contributed by atoms with van der Waals surface area (Å²) >= 11 is 0. The number of benzene rings is 1. The number of rotatable bonds is 10. The monoisotopic (exact) mass is 551 g/mol. The quantitative estimate of drug-likeness (QED) is 0.305. The Hall–Kier alpha value is -1.69. The Morgan fingerprint density at radius 2 is 1.57 bits per heavy atom. The van der Waals surface area contributed by atoms with Gasteiger partial charge in [0.1, 0.15) is 5.75 Å². The molecule has 1 aromatic rings. The van der Waals surface area contributed by atoms with Crippen LogP contribution in [0.1, 0.15) is 78.4 Å². The van der Waals surface area contributed by atoms with E-state index in [4.69, 9.17) is 13.6 Å². The molecule has 1 heterocycles. The smallest absolute Gasteiger partial charge is 0.414 e. The van der Waals surface area contributed by atoms with Crippen LogP contribution in [-0.2, 0) is 20.3 Å². The van der Waals surface area contributed by atoms with Gasteiger partial charge in [0.05, 0.1) is 25.9 Å². The van der Waals surface area contributed by atoms with Gasteiger partial charge in [-0.1, -0.05) is 54.5 Å². The van der Waals surface area contributed by atoms with Gasteiger partial charge in [0.2, 0.25) is 5.91 Å². The first-order valence-corrected chi connectivity index (χ1v) is 19.2. The standard InChI is InChI=1S/C28H49NO6Si2/c1-12-13-33-22-15-20(18-34-36(8,9)27(2,3)4)14-21(16-22)23-17-25(30)29(26(31)32)24(23)19-35-37(10,11)28(5,6)7/h14-16,23-24H,12-13,17-19H2,1-11H3,(H,31,32). The van der Waals surface area contributed by atoms with Crippen molar-refractivity contribution in [1.29, 1.82) is 0 Å². The second-order valence-corrected chi connectivity index (χ2v) is 22.9. The zero-order valence-electron chi connectivity index (χ0n) is 24.9. The molecule has 0 aliphatic carbocycles. The fourth-order valence-electron chi connectivity index (χ4n) is 3.84. The van der Waals surface area contributed by atoms with E-state index in [1.54, 1.807) is 0 Å². The van der Waals surface area contributed by atoms with Crippen LogP contribution in [-0.4, -0.2) is 57.9 Å². The molecule has 0 radical (unpaired) electrons. The molecule has 2 amide bonds. The summed E-state index contributed by atoms with van der Waals surface area (Å²) in [5.41, 5.74) is 1.86. The molecule has 0 spiro atoms. The van der Waals surface area contributed by atoms with E-state index in [-0.39, 0.29) is 34.9 Å². The van der Waals surface area contributed by atoms with E-state index < -0.39 is 28.8 Å². The molecular weight excluding hydrogens is 502 g/mol. The minimum absolute atomic E-state index is 0.0265. The van der Waals surface area contributed by atoms with Crippen LogP contribution in [0.25, 0.3) is 0 Å². The highest BCUT2D eigenvalue weighted by molar-refractivity contribution is 6.74. The number of imide groups is 1. The average molecular weight is 552 g/mol. The second-order valence-electron chi connectivity index (χ2n) is 13.3. The average Bonchev–Trinajstić information content (AvgIpc) is 3.09. The molecule has 1 fully saturated rings. The van der Waals surface area contributed by atoms with Crippen LogP contribution in [0.2, 0.25) is 36.3 Å². The molecule has 2 unspecified atom stereocenters. The van der Waals surface area contributed by atoms with Gasteiger partial charge in [-0.2, -0.15) is 0 Å². The van der Waals surface area contributed by atoms with Crippen LogP contribution >= 0.6 is 0 Å². The van der Waals surface area contributed by atoms with E-state index >= 15 is 0 Å². The molecule has 7 nitrogen and oxygen atoms in total. The van der Waals surface area contributed by atoms with E-state index in [9.17, 15) is 14.7 Å². The van der Waals surface area contributed by atoms with Crippen molar-refractivity contribution in [3.05, 3.63) is 29.3 Å². The highest BCUT2D eigenvalue weighted by atomic mass is 28.4. The number of hydrogen-bond donors (Lipinski definition) is 1. The number of carbonyl (C=O) groups excluding carboxylic acids is 1. The van der Waals surface area contributed by atoms with Crippen molar-refractivity contribution in [2.75, 3.05) is 13.2 Å². The van der Waals surface area contributed by atoms with Crippen LogP contribution in [0, 0.1) is 0 Å². The van der Waals surface area contributed by atoms with Crippen LogP contribution < -0.4 is 4.74 Å². The van der Waals surface area contributed by atoms with Gasteiger partial charge in [-0.25, -0.2) is 9.69 Å². The Labute approximate surface area is 226 Å². The number of carbonyl (C=O) groups is 2. The van der Waals surface area contributed by atoms with Gasteiger partial charge in [-0.3, -0.25) is 4.79 Å². The molecule has 1 saturated heterocycles. The normalized spacial score (nSPS) is 19.4. The molecule has 1 aliphatic heterocycles. The van der Waals surface area contributed by atoms with Crippen molar-refractivity contribution in [1.82, 2.24) is 4.90 Å². The minimum atomic E-state index is -2.15. The molecule has 210 valence electrons. The van der Waals surface area contributed by atoms with Crippen LogP contribution in [0.3, 0.4) is 0 Å². The largest absolute Gasteiger partial charge is 0.494 e.